The van der Waals surface area contributed by atoms with Crippen molar-refractivity contribution in [1.29, 1.82) is 5.26 Å². The van der Waals surface area contributed by atoms with E-state index in [1.54, 1.807) is 0 Å². The third-order valence-corrected chi connectivity index (χ3v) is 5.20. The van der Waals surface area contributed by atoms with Crippen LogP contribution in [0.1, 0.15) is 31.9 Å². The maximum absolute atomic E-state index is 12.2. The Morgan fingerprint density at radius 2 is 2.32 bits per heavy atom. The van der Waals surface area contributed by atoms with Gasteiger partial charge in [-0.05, 0) is 30.4 Å². The minimum absolute atomic E-state index is 0.0387. The first-order chi connectivity index (χ1) is 9.04. The van der Waals surface area contributed by atoms with Gasteiger partial charge in [-0.1, -0.05) is 19.8 Å². The lowest BCUT2D eigenvalue weighted by Gasteiger charge is -2.16. The third-order valence-electron chi connectivity index (χ3n) is 3.74. The number of nitrogens with zero attached hydrogens (tertiary/aromatic N) is 2. The summed E-state index contributed by atoms with van der Waals surface area (Å²) in [5, 5.41) is 8.90. The molecule has 0 bridgehead atoms. The molecule has 0 aliphatic heterocycles. The Balaban J connectivity index is 2.12. The number of sulfonamides is 1. The molecule has 1 aromatic heterocycles. The summed E-state index contributed by atoms with van der Waals surface area (Å²) < 4.78 is 26.9. The van der Waals surface area contributed by atoms with E-state index in [4.69, 9.17) is 5.26 Å². The third kappa shape index (κ3) is 3.11. The van der Waals surface area contributed by atoms with Crippen molar-refractivity contribution < 1.29 is 8.42 Å². The SMILES string of the molecule is CC1CCCC1CNS(=O)(=O)c1cccnc1C#N. The molecule has 6 heteroatoms. The fourth-order valence-electron chi connectivity index (χ4n) is 2.51. The molecule has 102 valence electrons. The van der Waals surface area contributed by atoms with Gasteiger partial charge in [-0.25, -0.2) is 18.1 Å². The maximum Gasteiger partial charge on any atom is 0.243 e. The number of hydrogen-bond donors (Lipinski definition) is 1. The number of hydrogen-bond acceptors (Lipinski definition) is 4. The summed E-state index contributed by atoms with van der Waals surface area (Å²) in [6.45, 7) is 2.58. The standard InChI is InChI=1S/C13H17N3O2S/c1-10-4-2-5-11(10)9-16-19(17,18)13-6-3-7-15-12(13)8-14/h3,6-7,10-11,16H,2,4-5,9H2,1H3. The van der Waals surface area contributed by atoms with Crippen molar-refractivity contribution in [3.05, 3.63) is 24.0 Å². The molecule has 2 unspecified atom stereocenters. The normalized spacial score (nSPS) is 23.2. The van der Waals surface area contributed by atoms with E-state index in [-0.39, 0.29) is 10.6 Å². The molecule has 0 radical (unpaired) electrons. The maximum atomic E-state index is 12.2. The Morgan fingerprint density at radius 1 is 1.53 bits per heavy atom. The summed E-state index contributed by atoms with van der Waals surface area (Å²) in [5.74, 6) is 0.934. The fraction of sp³-hybridized carbons (Fsp3) is 0.538. The number of nitriles is 1. The molecule has 5 nitrogen and oxygen atoms in total. The zero-order valence-electron chi connectivity index (χ0n) is 10.8. The molecule has 0 aromatic carbocycles. The Kier molecular flexibility index (Phi) is 4.17. The average Bonchev–Trinajstić information content (AvgIpc) is 2.82. The van der Waals surface area contributed by atoms with Crippen LogP contribution in [0.4, 0.5) is 0 Å². The molecule has 1 aliphatic carbocycles. The molecule has 1 aromatic rings. The van der Waals surface area contributed by atoms with Gasteiger partial charge in [0, 0.05) is 12.7 Å². The quantitative estimate of drug-likeness (QED) is 0.908. The van der Waals surface area contributed by atoms with E-state index in [9.17, 15) is 8.42 Å². The van der Waals surface area contributed by atoms with Gasteiger partial charge >= 0.3 is 0 Å². The average molecular weight is 279 g/mol. The summed E-state index contributed by atoms with van der Waals surface area (Å²) in [6.07, 6.45) is 4.78. The highest BCUT2D eigenvalue weighted by molar-refractivity contribution is 7.89. The van der Waals surface area contributed by atoms with Gasteiger partial charge in [0.05, 0.1) is 0 Å². The van der Waals surface area contributed by atoms with Crippen molar-refractivity contribution in [1.82, 2.24) is 9.71 Å². The van der Waals surface area contributed by atoms with Crippen molar-refractivity contribution in [2.75, 3.05) is 6.54 Å². The molecule has 0 amide bonds. The minimum Gasteiger partial charge on any atom is -0.244 e. The van der Waals surface area contributed by atoms with E-state index < -0.39 is 10.0 Å². The zero-order chi connectivity index (χ0) is 13.9. The second-order valence-electron chi connectivity index (χ2n) is 4.98. The molecule has 2 atom stereocenters. The van der Waals surface area contributed by atoms with Crippen LogP contribution in [0.15, 0.2) is 23.2 Å². The molecule has 0 spiro atoms. The monoisotopic (exact) mass is 279 g/mol. The van der Waals surface area contributed by atoms with Crippen LogP contribution < -0.4 is 4.72 Å². The van der Waals surface area contributed by atoms with Crippen LogP contribution in [0.5, 0.6) is 0 Å². The Labute approximate surface area is 113 Å². The van der Waals surface area contributed by atoms with Crippen molar-refractivity contribution in [2.24, 2.45) is 11.8 Å². The zero-order valence-corrected chi connectivity index (χ0v) is 11.7. The van der Waals surface area contributed by atoms with E-state index >= 15 is 0 Å². The van der Waals surface area contributed by atoms with Gasteiger partial charge in [0.25, 0.3) is 0 Å². The molecule has 0 saturated heterocycles. The van der Waals surface area contributed by atoms with Gasteiger partial charge in [0.1, 0.15) is 11.0 Å². The first kappa shape index (κ1) is 14.0. The Bertz CT molecular complexity index is 592. The summed E-state index contributed by atoms with van der Waals surface area (Å²) >= 11 is 0. The second-order valence-corrected chi connectivity index (χ2v) is 6.72. The smallest absolute Gasteiger partial charge is 0.243 e. The molecule has 1 heterocycles. The lowest BCUT2D eigenvalue weighted by Crippen LogP contribution is -2.31. The second kappa shape index (κ2) is 5.68. The van der Waals surface area contributed by atoms with E-state index in [0.29, 0.717) is 18.4 Å². The van der Waals surface area contributed by atoms with E-state index in [1.807, 2.05) is 6.07 Å². The Morgan fingerprint density at radius 3 is 2.95 bits per heavy atom. The van der Waals surface area contributed by atoms with Gasteiger partial charge in [-0.2, -0.15) is 5.26 Å². The van der Waals surface area contributed by atoms with Crippen LogP contribution in [0.25, 0.3) is 0 Å². The molecule has 2 rings (SSSR count). The predicted octanol–water partition coefficient (Wildman–Crippen LogP) is 1.67. The van der Waals surface area contributed by atoms with Crippen molar-refractivity contribution in [3.8, 4) is 6.07 Å². The van der Waals surface area contributed by atoms with Gasteiger partial charge in [0.2, 0.25) is 10.0 Å². The van der Waals surface area contributed by atoms with Crippen LogP contribution in [-0.4, -0.2) is 19.9 Å². The molecular formula is C13H17N3O2S. The largest absolute Gasteiger partial charge is 0.244 e. The van der Waals surface area contributed by atoms with Crippen LogP contribution in [0, 0.1) is 23.2 Å². The van der Waals surface area contributed by atoms with Crippen molar-refractivity contribution >= 4 is 10.0 Å². The lowest BCUT2D eigenvalue weighted by atomic mass is 9.99. The van der Waals surface area contributed by atoms with Crippen molar-refractivity contribution in [2.45, 2.75) is 31.1 Å². The van der Waals surface area contributed by atoms with Crippen LogP contribution in [0.2, 0.25) is 0 Å². The predicted molar refractivity (Wildman–Crippen MR) is 70.6 cm³/mol. The number of pyridine rings is 1. The van der Waals surface area contributed by atoms with Crippen molar-refractivity contribution in [3.63, 3.8) is 0 Å². The van der Waals surface area contributed by atoms with Crippen LogP contribution in [-0.2, 0) is 10.0 Å². The minimum atomic E-state index is -3.65. The first-order valence-electron chi connectivity index (χ1n) is 6.39. The van der Waals surface area contributed by atoms with Gasteiger partial charge in [0.15, 0.2) is 5.69 Å². The number of aromatic nitrogens is 1. The fourth-order valence-corrected chi connectivity index (χ4v) is 3.71. The molecule has 1 saturated carbocycles. The summed E-state index contributed by atoms with van der Waals surface area (Å²) in [4.78, 5) is 3.74. The number of nitrogens with one attached hydrogen (secondary N) is 1. The number of rotatable bonds is 4. The van der Waals surface area contributed by atoms with Gasteiger partial charge in [-0.3, -0.25) is 0 Å². The Hall–Kier alpha value is -1.45. The lowest BCUT2D eigenvalue weighted by molar-refractivity contribution is 0.414. The van der Waals surface area contributed by atoms with Gasteiger partial charge in [-0.15, -0.1) is 0 Å². The highest BCUT2D eigenvalue weighted by atomic mass is 32.2. The first-order valence-corrected chi connectivity index (χ1v) is 7.87. The van der Waals surface area contributed by atoms with E-state index in [0.717, 1.165) is 19.3 Å². The summed E-state index contributed by atoms with van der Waals surface area (Å²) in [6, 6.07) is 4.74. The summed E-state index contributed by atoms with van der Waals surface area (Å²) in [7, 11) is -3.65. The topological polar surface area (TPSA) is 82.8 Å². The van der Waals surface area contributed by atoms with E-state index in [2.05, 4.69) is 16.6 Å². The highest BCUT2D eigenvalue weighted by Crippen LogP contribution is 2.30. The highest BCUT2D eigenvalue weighted by Gasteiger charge is 2.26. The molecular weight excluding hydrogens is 262 g/mol. The van der Waals surface area contributed by atoms with E-state index in [1.165, 1.54) is 18.3 Å². The van der Waals surface area contributed by atoms with Crippen LogP contribution in [0.3, 0.4) is 0 Å². The molecule has 1 aliphatic rings. The molecule has 1 fully saturated rings. The van der Waals surface area contributed by atoms with Gasteiger partial charge < -0.3 is 0 Å². The molecule has 1 N–H and O–H groups in total. The summed E-state index contributed by atoms with van der Waals surface area (Å²) in [5.41, 5.74) is -0.0607. The molecule has 19 heavy (non-hydrogen) atoms. The van der Waals surface area contributed by atoms with Crippen LogP contribution >= 0.6 is 0 Å².